The number of halogens is 1. The first-order chi connectivity index (χ1) is 13.0. The van der Waals surface area contributed by atoms with Gasteiger partial charge in [0, 0.05) is 4.90 Å². The topological polar surface area (TPSA) is 55.4 Å². The van der Waals surface area contributed by atoms with Crippen LogP contribution in [-0.2, 0) is 20.7 Å². The van der Waals surface area contributed by atoms with Gasteiger partial charge in [-0.05, 0) is 49.4 Å². The summed E-state index contributed by atoms with van der Waals surface area (Å²) in [6.45, 7) is 1.55. The summed E-state index contributed by atoms with van der Waals surface area (Å²) in [4.78, 5) is 24.8. The molecular formula is C21H22FNO3S. The van der Waals surface area contributed by atoms with Crippen LogP contribution < -0.4 is 5.32 Å². The maximum absolute atomic E-state index is 13.6. The van der Waals surface area contributed by atoms with E-state index in [9.17, 15) is 14.0 Å². The fourth-order valence-electron chi connectivity index (χ4n) is 3.18. The minimum Gasteiger partial charge on any atom is -0.452 e. The van der Waals surface area contributed by atoms with Gasteiger partial charge in [0.1, 0.15) is 5.82 Å². The average molecular weight is 387 g/mol. The lowest BCUT2D eigenvalue weighted by Crippen LogP contribution is -2.39. The van der Waals surface area contributed by atoms with Crippen molar-refractivity contribution >= 4 is 23.6 Å². The smallest absolute Gasteiger partial charge is 0.317 e. The molecule has 0 unspecified atom stereocenters. The molecule has 1 N–H and O–H groups in total. The Hall–Kier alpha value is -2.34. The Bertz CT molecular complexity index is 827. The number of carbonyl (C=O) groups is 2. The molecule has 0 aliphatic heterocycles. The Labute approximate surface area is 162 Å². The zero-order valence-corrected chi connectivity index (χ0v) is 15.9. The summed E-state index contributed by atoms with van der Waals surface area (Å²) in [5.74, 6) is -1.29. The number of amides is 1. The molecular weight excluding hydrogens is 365 g/mol. The van der Waals surface area contributed by atoms with Gasteiger partial charge in [0.2, 0.25) is 0 Å². The number of rotatable bonds is 6. The summed E-state index contributed by atoms with van der Waals surface area (Å²) < 4.78 is 18.8. The fraction of sp³-hybridized carbons (Fsp3) is 0.333. The number of esters is 1. The highest BCUT2D eigenvalue weighted by Gasteiger charge is 2.25. The maximum atomic E-state index is 13.6. The van der Waals surface area contributed by atoms with E-state index in [0.717, 1.165) is 36.6 Å². The molecule has 0 saturated carbocycles. The van der Waals surface area contributed by atoms with E-state index in [-0.39, 0.29) is 23.5 Å². The van der Waals surface area contributed by atoms with Crippen molar-refractivity contribution in [1.29, 1.82) is 0 Å². The molecule has 0 fully saturated rings. The van der Waals surface area contributed by atoms with Gasteiger partial charge < -0.3 is 10.1 Å². The second-order valence-corrected chi connectivity index (χ2v) is 7.52. The predicted octanol–water partition coefficient (Wildman–Crippen LogP) is 4.04. The zero-order valence-electron chi connectivity index (χ0n) is 15.1. The molecule has 2 aromatic carbocycles. The molecule has 142 valence electrons. The first-order valence-corrected chi connectivity index (χ1v) is 9.98. The maximum Gasteiger partial charge on any atom is 0.317 e. The van der Waals surface area contributed by atoms with Crippen LogP contribution in [0.3, 0.4) is 0 Å². The van der Waals surface area contributed by atoms with Gasteiger partial charge >= 0.3 is 5.97 Å². The van der Waals surface area contributed by atoms with Crippen LogP contribution in [0.2, 0.25) is 0 Å². The molecule has 6 heteroatoms. The monoisotopic (exact) mass is 387 g/mol. The van der Waals surface area contributed by atoms with Crippen molar-refractivity contribution < 1.29 is 18.7 Å². The molecule has 2 atom stereocenters. The summed E-state index contributed by atoms with van der Waals surface area (Å²) in [5, 5.41) is 2.98. The molecule has 27 heavy (non-hydrogen) atoms. The molecule has 0 bridgehead atoms. The van der Waals surface area contributed by atoms with Gasteiger partial charge in [0.05, 0.1) is 11.8 Å². The highest BCUT2D eigenvalue weighted by molar-refractivity contribution is 8.00. The second-order valence-electron chi connectivity index (χ2n) is 6.50. The molecule has 0 radical (unpaired) electrons. The van der Waals surface area contributed by atoms with Crippen LogP contribution in [0.25, 0.3) is 0 Å². The van der Waals surface area contributed by atoms with E-state index >= 15 is 0 Å². The van der Waals surface area contributed by atoms with Crippen LogP contribution in [-0.4, -0.2) is 23.7 Å². The molecule has 2 aromatic rings. The average Bonchev–Trinajstić information content (AvgIpc) is 2.67. The number of benzene rings is 2. The van der Waals surface area contributed by atoms with E-state index in [4.69, 9.17) is 4.74 Å². The van der Waals surface area contributed by atoms with Gasteiger partial charge in [-0.2, -0.15) is 0 Å². The number of ether oxygens (including phenoxy) is 1. The van der Waals surface area contributed by atoms with E-state index in [1.165, 1.54) is 11.6 Å². The minimum absolute atomic E-state index is 0.0508. The standard InChI is InChI=1S/C21H22FNO3S/c1-14(26-20(24)13-27-19-12-5-4-10-17(19)22)21(25)23-18-11-6-8-15-7-2-3-9-16(15)18/h2-5,7,9-10,12,14,18H,6,8,11,13H2,1H3,(H,23,25)/t14-,18-/m1/s1. The van der Waals surface area contributed by atoms with Crippen LogP contribution in [0.1, 0.15) is 36.9 Å². The van der Waals surface area contributed by atoms with Crippen molar-refractivity contribution in [2.75, 3.05) is 5.75 Å². The van der Waals surface area contributed by atoms with Crippen molar-refractivity contribution in [3.8, 4) is 0 Å². The highest BCUT2D eigenvalue weighted by atomic mass is 32.2. The first kappa shape index (κ1) is 19.4. The third-order valence-electron chi connectivity index (χ3n) is 4.55. The third-order valence-corrected chi connectivity index (χ3v) is 5.57. The van der Waals surface area contributed by atoms with E-state index in [1.54, 1.807) is 25.1 Å². The molecule has 0 heterocycles. The van der Waals surface area contributed by atoms with Crippen LogP contribution >= 0.6 is 11.8 Å². The predicted molar refractivity (Wildman–Crippen MR) is 103 cm³/mol. The Kier molecular flexibility index (Phi) is 6.50. The minimum atomic E-state index is -0.896. The lowest BCUT2D eigenvalue weighted by Gasteiger charge is -2.27. The number of fused-ring (bicyclic) bond motifs is 1. The fourth-order valence-corrected chi connectivity index (χ4v) is 3.90. The second kappa shape index (κ2) is 9.04. The molecule has 1 aliphatic rings. The number of aryl methyl sites for hydroxylation is 1. The lowest BCUT2D eigenvalue weighted by molar-refractivity contribution is -0.152. The van der Waals surface area contributed by atoms with Crippen molar-refractivity contribution in [3.05, 3.63) is 65.5 Å². The van der Waals surface area contributed by atoms with Crippen molar-refractivity contribution in [2.24, 2.45) is 0 Å². The number of nitrogens with one attached hydrogen (secondary N) is 1. The number of hydrogen-bond acceptors (Lipinski definition) is 4. The van der Waals surface area contributed by atoms with Gasteiger partial charge in [-0.1, -0.05) is 36.4 Å². The van der Waals surface area contributed by atoms with E-state index < -0.39 is 12.1 Å². The van der Waals surface area contributed by atoms with Gasteiger partial charge in [-0.25, -0.2) is 4.39 Å². The number of hydrogen-bond donors (Lipinski definition) is 1. The Morgan fingerprint density at radius 1 is 1.22 bits per heavy atom. The van der Waals surface area contributed by atoms with Gasteiger partial charge in [-0.15, -0.1) is 11.8 Å². The summed E-state index contributed by atoms with van der Waals surface area (Å²) in [5.41, 5.74) is 2.38. The van der Waals surface area contributed by atoms with Crippen molar-refractivity contribution in [2.45, 2.75) is 43.2 Å². The van der Waals surface area contributed by atoms with E-state index in [2.05, 4.69) is 11.4 Å². The Morgan fingerprint density at radius 3 is 2.78 bits per heavy atom. The summed E-state index contributed by atoms with van der Waals surface area (Å²) in [6.07, 6.45) is 2.00. The Balaban J connectivity index is 1.51. The molecule has 0 aromatic heterocycles. The molecule has 3 rings (SSSR count). The van der Waals surface area contributed by atoms with Gasteiger partial charge in [0.15, 0.2) is 6.10 Å². The van der Waals surface area contributed by atoms with Crippen LogP contribution in [0.15, 0.2) is 53.4 Å². The van der Waals surface area contributed by atoms with Gasteiger partial charge in [0.25, 0.3) is 5.91 Å². The van der Waals surface area contributed by atoms with E-state index in [0.29, 0.717) is 4.90 Å². The molecule has 1 aliphatic carbocycles. The first-order valence-electron chi connectivity index (χ1n) is 8.99. The normalized spacial score (nSPS) is 16.9. The molecule has 0 spiro atoms. The summed E-state index contributed by atoms with van der Waals surface area (Å²) >= 11 is 1.05. The lowest BCUT2D eigenvalue weighted by atomic mass is 9.87. The zero-order chi connectivity index (χ0) is 19.2. The quantitative estimate of drug-likeness (QED) is 0.600. The van der Waals surface area contributed by atoms with E-state index in [1.807, 2.05) is 18.2 Å². The largest absolute Gasteiger partial charge is 0.452 e. The summed E-state index contributed by atoms with van der Waals surface area (Å²) in [6, 6.07) is 14.3. The molecule has 1 amide bonds. The van der Waals surface area contributed by atoms with Crippen LogP contribution in [0.4, 0.5) is 4.39 Å². The number of carbonyl (C=O) groups excluding carboxylic acids is 2. The van der Waals surface area contributed by atoms with Crippen LogP contribution in [0.5, 0.6) is 0 Å². The highest BCUT2D eigenvalue weighted by Crippen LogP contribution is 2.29. The Morgan fingerprint density at radius 2 is 1.96 bits per heavy atom. The molecule has 0 saturated heterocycles. The third kappa shape index (κ3) is 5.10. The molecule has 4 nitrogen and oxygen atoms in total. The van der Waals surface area contributed by atoms with Crippen LogP contribution in [0, 0.1) is 5.82 Å². The summed E-state index contributed by atoms with van der Waals surface area (Å²) in [7, 11) is 0. The van der Waals surface area contributed by atoms with Gasteiger partial charge in [-0.3, -0.25) is 9.59 Å². The SMILES string of the molecule is C[C@@H](OC(=O)CSc1ccccc1F)C(=O)N[C@@H]1CCCc2ccccc21. The van der Waals surface area contributed by atoms with Crippen molar-refractivity contribution in [3.63, 3.8) is 0 Å². The number of thioether (sulfide) groups is 1. The van der Waals surface area contributed by atoms with Crippen molar-refractivity contribution in [1.82, 2.24) is 5.32 Å².